The van der Waals surface area contributed by atoms with Gasteiger partial charge in [0, 0.05) is 18.3 Å². The number of hydrogen-bond acceptors (Lipinski definition) is 4. The van der Waals surface area contributed by atoms with Gasteiger partial charge in [-0.3, -0.25) is 4.79 Å². The maximum atomic E-state index is 13.7. The lowest BCUT2D eigenvalue weighted by molar-refractivity contribution is -0.149. The summed E-state index contributed by atoms with van der Waals surface area (Å²) in [4.78, 5) is 26.2. The lowest BCUT2D eigenvalue weighted by Crippen LogP contribution is -2.38. The Balaban J connectivity index is 1.61. The van der Waals surface area contributed by atoms with Crippen molar-refractivity contribution in [1.82, 2.24) is 0 Å². The zero-order chi connectivity index (χ0) is 19.4. The van der Waals surface area contributed by atoms with Crippen LogP contribution < -0.4 is 9.64 Å². The minimum absolute atomic E-state index is 0.125. The molecular formula is C21H20FNO4. The van der Waals surface area contributed by atoms with E-state index >= 15 is 0 Å². The highest BCUT2D eigenvalue weighted by molar-refractivity contribution is 6.00. The molecule has 1 atom stereocenters. The van der Waals surface area contributed by atoms with Gasteiger partial charge in [-0.1, -0.05) is 24.3 Å². The Morgan fingerprint density at radius 2 is 2.00 bits per heavy atom. The number of para-hydroxylation sites is 1. The molecule has 1 aliphatic rings. The summed E-state index contributed by atoms with van der Waals surface area (Å²) in [5.74, 6) is -1.33. The Kier molecular flexibility index (Phi) is 5.54. The first kappa shape index (κ1) is 18.6. The number of benzene rings is 2. The number of anilines is 1. The summed E-state index contributed by atoms with van der Waals surface area (Å²) in [6.07, 6.45) is 2.46. The lowest BCUT2D eigenvalue weighted by atomic mass is 10.2. The van der Waals surface area contributed by atoms with Crippen molar-refractivity contribution < 1.29 is 23.5 Å². The van der Waals surface area contributed by atoms with Gasteiger partial charge >= 0.3 is 5.97 Å². The van der Waals surface area contributed by atoms with Gasteiger partial charge in [0.2, 0.25) is 0 Å². The van der Waals surface area contributed by atoms with E-state index in [9.17, 15) is 14.0 Å². The molecule has 0 N–H and O–H groups in total. The van der Waals surface area contributed by atoms with Crippen molar-refractivity contribution >= 4 is 23.6 Å². The summed E-state index contributed by atoms with van der Waals surface area (Å²) in [7, 11) is 1.38. The van der Waals surface area contributed by atoms with Crippen molar-refractivity contribution in [3.05, 3.63) is 65.5 Å². The Morgan fingerprint density at radius 1 is 1.22 bits per heavy atom. The molecule has 0 spiro atoms. The van der Waals surface area contributed by atoms with Gasteiger partial charge in [-0.05, 0) is 48.7 Å². The van der Waals surface area contributed by atoms with Gasteiger partial charge in [-0.15, -0.1) is 0 Å². The van der Waals surface area contributed by atoms with Crippen LogP contribution in [0.3, 0.4) is 0 Å². The molecule has 1 heterocycles. The molecule has 2 aromatic rings. The van der Waals surface area contributed by atoms with Crippen molar-refractivity contribution in [2.75, 3.05) is 18.6 Å². The van der Waals surface area contributed by atoms with E-state index in [1.807, 2.05) is 24.3 Å². The monoisotopic (exact) mass is 369 g/mol. The van der Waals surface area contributed by atoms with Crippen LogP contribution in [0.25, 0.3) is 6.08 Å². The lowest BCUT2D eigenvalue weighted by Gasteiger charge is -2.21. The van der Waals surface area contributed by atoms with Crippen LogP contribution in [-0.4, -0.2) is 31.6 Å². The van der Waals surface area contributed by atoms with Crippen LogP contribution in [0.1, 0.15) is 18.1 Å². The summed E-state index contributed by atoms with van der Waals surface area (Å²) in [6.45, 7) is 2.11. The topological polar surface area (TPSA) is 55.8 Å². The SMILES string of the molecule is COc1ccc(/C=C/C(=O)O[C@H](C)C(=O)N2CCc3ccccc32)cc1F. The standard InChI is InChI=1S/C21H20FNO4/c1-14(21(25)23-12-11-16-5-3-4-6-18(16)23)27-20(24)10-8-15-7-9-19(26-2)17(22)13-15/h3-10,13-14H,11-12H2,1-2H3/b10-8+/t14-/m1/s1. The molecule has 0 fully saturated rings. The van der Waals surface area contributed by atoms with Crippen LogP contribution in [-0.2, 0) is 20.7 Å². The van der Waals surface area contributed by atoms with Crippen molar-refractivity contribution in [2.45, 2.75) is 19.4 Å². The van der Waals surface area contributed by atoms with Gasteiger partial charge in [0.15, 0.2) is 17.7 Å². The number of rotatable bonds is 5. The fraction of sp³-hybridized carbons (Fsp3) is 0.238. The summed E-state index contributed by atoms with van der Waals surface area (Å²) >= 11 is 0. The molecule has 0 saturated heterocycles. The molecule has 0 unspecified atom stereocenters. The quantitative estimate of drug-likeness (QED) is 0.599. The van der Waals surface area contributed by atoms with Crippen molar-refractivity contribution in [3.63, 3.8) is 0 Å². The van der Waals surface area contributed by atoms with Gasteiger partial charge in [0.25, 0.3) is 5.91 Å². The maximum absolute atomic E-state index is 13.7. The van der Waals surface area contributed by atoms with Crippen molar-refractivity contribution in [2.24, 2.45) is 0 Å². The Labute approximate surface area is 157 Å². The summed E-state index contributed by atoms with van der Waals surface area (Å²) < 4.78 is 23.7. The van der Waals surface area contributed by atoms with E-state index in [1.54, 1.807) is 17.9 Å². The predicted octanol–water partition coefficient (Wildman–Crippen LogP) is 3.37. The second kappa shape index (κ2) is 8.03. The fourth-order valence-corrected chi connectivity index (χ4v) is 3.00. The predicted molar refractivity (Wildman–Crippen MR) is 100 cm³/mol. The third-order valence-electron chi connectivity index (χ3n) is 4.38. The zero-order valence-electron chi connectivity index (χ0n) is 15.1. The van der Waals surface area contributed by atoms with Crippen LogP contribution in [0.4, 0.5) is 10.1 Å². The Bertz CT molecular complexity index is 894. The van der Waals surface area contributed by atoms with Crippen LogP contribution in [0.5, 0.6) is 5.75 Å². The van der Waals surface area contributed by atoms with Gasteiger partial charge in [-0.25, -0.2) is 9.18 Å². The van der Waals surface area contributed by atoms with Gasteiger partial charge < -0.3 is 14.4 Å². The number of halogens is 1. The summed E-state index contributed by atoms with van der Waals surface area (Å²) in [5, 5.41) is 0. The van der Waals surface area contributed by atoms with Gasteiger partial charge in [0.05, 0.1) is 7.11 Å². The van der Waals surface area contributed by atoms with E-state index in [0.29, 0.717) is 12.1 Å². The number of carbonyl (C=O) groups is 2. The summed E-state index contributed by atoms with van der Waals surface area (Å²) in [5.41, 5.74) is 2.44. The van der Waals surface area contributed by atoms with Crippen molar-refractivity contribution in [1.29, 1.82) is 0 Å². The second-order valence-electron chi connectivity index (χ2n) is 6.18. The molecule has 2 aromatic carbocycles. The number of hydrogen-bond donors (Lipinski definition) is 0. The fourth-order valence-electron chi connectivity index (χ4n) is 3.00. The number of fused-ring (bicyclic) bond motifs is 1. The van der Waals surface area contributed by atoms with Crippen LogP contribution in [0, 0.1) is 5.82 Å². The maximum Gasteiger partial charge on any atom is 0.331 e. The largest absolute Gasteiger partial charge is 0.494 e. The van der Waals surface area contributed by atoms with Crippen LogP contribution in [0.15, 0.2) is 48.5 Å². The number of esters is 1. The van der Waals surface area contributed by atoms with E-state index < -0.39 is 17.9 Å². The molecule has 0 aliphatic carbocycles. The average molecular weight is 369 g/mol. The highest BCUT2D eigenvalue weighted by Crippen LogP contribution is 2.28. The average Bonchev–Trinajstić information content (AvgIpc) is 3.10. The highest BCUT2D eigenvalue weighted by atomic mass is 19.1. The normalized spacial score (nSPS) is 14.1. The molecule has 1 aliphatic heterocycles. The van der Waals surface area contributed by atoms with Crippen LogP contribution in [0.2, 0.25) is 0 Å². The molecule has 5 nitrogen and oxygen atoms in total. The van der Waals surface area contributed by atoms with E-state index in [0.717, 1.165) is 17.7 Å². The zero-order valence-corrected chi connectivity index (χ0v) is 15.1. The number of nitrogens with zero attached hydrogens (tertiary/aromatic N) is 1. The van der Waals surface area contributed by atoms with E-state index in [1.165, 1.54) is 31.4 Å². The number of methoxy groups -OCH3 is 1. The first-order valence-electron chi connectivity index (χ1n) is 8.61. The third kappa shape index (κ3) is 4.16. The first-order valence-corrected chi connectivity index (χ1v) is 8.61. The van der Waals surface area contributed by atoms with E-state index in [4.69, 9.17) is 9.47 Å². The van der Waals surface area contributed by atoms with Crippen LogP contribution >= 0.6 is 0 Å². The molecule has 27 heavy (non-hydrogen) atoms. The minimum atomic E-state index is -0.916. The number of carbonyl (C=O) groups excluding carboxylic acids is 2. The van der Waals surface area contributed by atoms with Gasteiger partial charge in [-0.2, -0.15) is 0 Å². The molecule has 1 amide bonds. The third-order valence-corrected chi connectivity index (χ3v) is 4.38. The molecule has 6 heteroatoms. The Morgan fingerprint density at radius 3 is 2.74 bits per heavy atom. The summed E-state index contributed by atoms with van der Waals surface area (Å²) in [6, 6.07) is 12.0. The molecule has 140 valence electrons. The second-order valence-corrected chi connectivity index (χ2v) is 6.18. The molecular weight excluding hydrogens is 349 g/mol. The van der Waals surface area contributed by atoms with Crippen molar-refractivity contribution in [3.8, 4) is 5.75 Å². The molecule has 3 rings (SSSR count). The minimum Gasteiger partial charge on any atom is -0.494 e. The molecule has 0 aromatic heterocycles. The van der Waals surface area contributed by atoms with E-state index in [2.05, 4.69) is 0 Å². The smallest absolute Gasteiger partial charge is 0.331 e. The highest BCUT2D eigenvalue weighted by Gasteiger charge is 2.29. The molecule has 0 radical (unpaired) electrons. The molecule has 0 saturated carbocycles. The Hall–Kier alpha value is -3.15. The van der Waals surface area contributed by atoms with E-state index in [-0.39, 0.29) is 11.7 Å². The molecule has 0 bridgehead atoms. The first-order chi connectivity index (χ1) is 13.0. The number of ether oxygens (including phenoxy) is 2. The van der Waals surface area contributed by atoms with Gasteiger partial charge in [0.1, 0.15) is 0 Å². The number of amides is 1.